The molecule has 2 aliphatic heterocycles. The van der Waals surface area contributed by atoms with Crippen molar-refractivity contribution in [2.45, 2.75) is 6.04 Å². The van der Waals surface area contributed by atoms with Crippen molar-refractivity contribution in [2.24, 2.45) is 0 Å². The summed E-state index contributed by atoms with van der Waals surface area (Å²) in [4.78, 5) is 18.7. The first-order chi connectivity index (χ1) is 9.27. The van der Waals surface area contributed by atoms with Crippen LogP contribution >= 0.6 is 11.6 Å². The lowest BCUT2D eigenvalue weighted by Crippen LogP contribution is -2.30. The molecule has 1 amide bonds. The lowest BCUT2D eigenvalue weighted by atomic mass is 10.1. The van der Waals surface area contributed by atoms with Gasteiger partial charge in [-0.2, -0.15) is 0 Å². The van der Waals surface area contributed by atoms with Gasteiger partial charge < -0.3 is 4.90 Å². The summed E-state index contributed by atoms with van der Waals surface area (Å²) >= 11 is 6.23. The SMILES string of the molecule is O=C1c2c(Cl)cccc2-n2cncc2C2C=CCN12. The Labute approximate surface area is 114 Å². The van der Waals surface area contributed by atoms with E-state index >= 15 is 0 Å². The number of hydrogen-bond acceptors (Lipinski definition) is 2. The van der Waals surface area contributed by atoms with E-state index in [2.05, 4.69) is 4.98 Å². The van der Waals surface area contributed by atoms with Gasteiger partial charge in [0.1, 0.15) is 0 Å². The van der Waals surface area contributed by atoms with Crippen molar-refractivity contribution in [3.63, 3.8) is 0 Å². The number of nitrogens with zero attached hydrogens (tertiary/aromatic N) is 3. The van der Waals surface area contributed by atoms with Crippen molar-refractivity contribution >= 4 is 17.5 Å². The highest BCUT2D eigenvalue weighted by molar-refractivity contribution is 6.34. The minimum absolute atomic E-state index is 0.0284. The molecule has 1 aromatic carbocycles. The Bertz CT molecular complexity index is 719. The molecular formula is C14H10ClN3O. The van der Waals surface area contributed by atoms with Crippen molar-refractivity contribution in [3.05, 3.63) is 59.2 Å². The first-order valence-corrected chi connectivity index (χ1v) is 6.44. The van der Waals surface area contributed by atoms with Crippen molar-refractivity contribution in [3.8, 4) is 5.69 Å². The molecule has 0 spiro atoms. The van der Waals surface area contributed by atoms with Gasteiger partial charge in [0.2, 0.25) is 0 Å². The number of rotatable bonds is 0. The van der Waals surface area contributed by atoms with Gasteiger partial charge in [0.25, 0.3) is 5.91 Å². The van der Waals surface area contributed by atoms with E-state index in [0.29, 0.717) is 17.1 Å². The van der Waals surface area contributed by atoms with E-state index < -0.39 is 0 Å². The van der Waals surface area contributed by atoms with Crippen molar-refractivity contribution in [1.29, 1.82) is 0 Å². The fraction of sp³-hybridized carbons (Fsp3) is 0.143. The molecule has 1 atom stereocenters. The van der Waals surface area contributed by atoms with Crippen LogP contribution < -0.4 is 0 Å². The molecule has 0 radical (unpaired) electrons. The average molecular weight is 272 g/mol. The standard InChI is InChI=1S/C14H10ClN3O/c15-9-3-1-4-11-13(9)14(19)17-6-2-5-10(17)12-7-16-8-18(11)12/h1-5,7-8,10H,6H2. The Kier molecular flexibility index (Phi) is 2.11. The van der Waals surface area contributed by atoms with E-state index in [-0.39, 0.29) is 11.9 Å². The smallest absolute Gasteiger partial charge is 0.258 e. The molecular weight excluding hydrogens is 262 g/mol. The predicted octanol–water partition coefficient (Wildman–Crippen LogP) is 2.59. The summed E-state index contributed by atoms with van der Waals surface area (Å²) in [7, 11) is 0. The molecule has 2 aliphatic rings. The van der Waals surface area contributed by atoms with E-state index in [0.717, 1.165) is 11.4 Å². The lowest BCUT2D eigenvalue weighted by molar-refractivity contribution is 0.0752. The van der Waals surface area contributed by atoms with E-state index in [1.165, 1.54) is 0 Å². The molecule has 4 nitrogen and oxygen atoms in total. The predicted molar refractivity (Wildman–Crippen MR) is 71.5 cm³/mol. The maximum absolute atomic E-state index is 12.7. The summed E-state index contributed by atoms with van der Waals surface area (Å²) in [5.41, 5.74) is 2.34. The molecule has 1 aromatic heterocycles. The van der Waals surface area contributed by atoms with Crippen LogP contribution in [0.25, 0.3) is 5.69 Å². The lowest BCUT2D eigenvalue weighted by Gasteiger charge is -2.21. The number of hydrogen-bond donors (Lipinski definition) is 0. The van der Waals surface area contributed by atoms with E-state index in [9.17, 15) is 4.79 Å². The molecule has 2 aromatic rings. The fourth-order valence-electron chi connectivity index (χ4n) is 2.78. The van der Waals surface area contributed by atoms with Crippen LogP contribution in [-0.4, -0.2) is 26.9 Å². The van der Waals surface area contributed by atoms with E-state index in [4.69, 9.17) is 11.6 Å². The zero-order chi connectivity index (χ0) is 13.0. The maximum Gasteiger partial charge on any atom is 0.258 e. The third kappa shape index (κ3) is 1.35. The van der Waals surface area contributed by atoms with Crippen molar-refractivity contribution in [1.82, 2.24) is 14.5 Å². The molecule has 5 heteroatoms. The highest BCUT2D eigenvalue weighted by atomic mass is 35.5. The van der Waals surface area contributed by atoms with Gasteiger partial charge in [-0.05, 0) is 12.1 Å². The number of aromatic nitrogens is 2. The number of carbonyl (C=O) groups is 1. The van der Waals surface area contributed by atoms with Crippen LogP contribution in [0.1, 0.15) is 22.1 Å². The Morgan fingerprint density at radius 2 is 2.26 bits per heavy atom. The second kappa shape index (κ2) is 3.71. The molecule has 94 valence electrons. The number of carbonyl (C=O) groups excluding carboxylic acids is 1. The van der Waals surface area contributed by atoms with Gasteiger partial charge in [-0.15, -0.1) is 0 Å². The van der Waals surface area contributed by atoms with Crippen LogP contribution in [-0.2, 0) is 0 Å². The quantitative estimate of drug-likeness (QED) is 0.691. The normalized spacial score (nSPS) is 19.9. The number of imidazole rings is 1. The third-order valence-electron chi connectivity index (χ3n) is 3.65. The minimum atomic E-state index is -0.0570. The zero-order valence-corrected chi connectivity index (χ0v) is 10.7. The molecule has 0 saturated heterocycles. The van der Waals surface area contributed by atoms with E-state index in [1.807, 2.05) is 33.8 Å². The monoisotopic (exact) mass is 271 g/mol. The van der Waals surface area contributed by atoms with Gasteiger partial charge in [-0.1, -0.05) is 29.8 Å². The molecule has 1 unspecified atom stereocenters. The number of halogens is 1. The van der Waals surface area contributed by atoms with Crippen LogP contribution in [0.3, 0.4) is 0 Å². The molecule has 0 N–H and O–H groups in total. The summed E-state index contributed by atoms with van der Waals surface area (Å²) < 4.78 is 1.94. The fourth-order valence-corrected chi connectivity index (χ4v) is 3.03. The number of amides is 1. The maximum atomic E-state index is 12.7. The Morgan fingerprint density at radius 3 is 3.16 bits per heavy atom. The highest BCUT2D eigenvalue weighted by Crippen LogP contribution is 2.36. The zero-order valence-electron chi connectivity index (χ0n) is 9.95. The largest absolute Gasteiger partial charge is 0.323 e. The summed E-state index contributed by atoms with van der Waals surface area (Å²) in [6.07, 6.45) is 7.57. The Balaban J connectivity index is 2.08. The molecule has 0 saturated carbocycles. The van der Waals surface area contributed by atoms with Gasteiger partial charge in [-0.25, -0.2) is 4.98 Å². The molecule has 19 heavy (non-hydrogen) atoms. The van der Waals surface area contributed by atoms with Crippen LogP contribution in [0.15, 0.2) is 42.9 Å². The van der Waals surface area contributed by atoms with Gasteiger partial charge in [0, 0.05) is 6.54 Å². The van der Waals surface area contributed by atoms with Gasteiger partial charge >= 0.3 is 0 Å². The van der Waals surface area contributed by atoms with Crippen molar-refractivity contribution in [2.75, 3.05) is 6.54 Å². The van der Waals surface area contributed by atoms with Gasteiger partial charge in [-0.3, -0.25) is 9.36 Å². The topological polar surface area (TPSA) is 38.1 Å². The highest BCUT2D eigenvalue weighted by Gasteiger charge is 2.35. The van der Waals surface area contributed by atoms with Gasteiger partial charge in [0.15, 0.2) is 0 Å². The summed E-state index contributed by atoms with van der Waals surface area (Å²) in [6.45, 7) is 0.610. The molecule has 0 aliphatic carbocycles. The first-order valence-electron chi connectivity index (χ1n) is 6.06. The second-order valence-corrected chi connectivity index (χ2v) is 5.06. The summed E-state index contributed by atoms with van der Waals surface area (Å²) in [5, 5.41) is 0.481. The first kappa shape index (κ1) is 10.8. The minimum Gasteiger partial charge on any atom is -0.323 e. The summed E-state index contributed by atoms with van der Waals surface area (Å²) in [5.74, 6) is -0.0284. The average Bonchev–Trinajstić information content (AvgIpc) is 3.04. The molecule has 4 rings (SSSR count). The van der Waals surface area contributed by atoms with Crippen molar-refractivity contribution < 1.29 is 4.79 Å². The second-order valence-electron chi connectivity index (χ2n) is 4.65. The van der Waals surface area contributed by atoms with Crippen LogP contribution in [0.4, 0.5) is 0 Å². The molecule has 3 heterocycles. The van der Waals surface area contributed by atoms with Crippen LogP contribution in [0.2, 0.25) is 5.02 Å². The summed E-state index contributed by atoms with van der Waals surface area (Å²) in [6, 6.07) is 5.44. The van der Waals surface area contributed by atoms with E-state index in [1.54, 1.807) is 18.6 Å². The molecule has 0 bridgehead atoms. The number of benzene rings is 1. The third-order valence-corrected chi connectivity index (χ3v) is 3.97. The molecule has 0 fully saturated rings. The van der Waals surface area contributed by atoms with Crippen LogP contribution in [0, 0.1) is 0 Å². The van der Waals surface area contributed by atoms with Crippen LogP contribution in [0.5, 0.6) is 0 Å². The Hall–Kier alpha value is -2.07. The number of fused-ring (bicyclic) bond motifs is 5. The van der Waals surface area contributed by atoms with Gasteiger partial charge in [0.05, 0.1) is 40.5 Å². The Morgan fingerprint density at radius 1 is 1.37 bits per heavy atom.